The van der Waals surface area contributed by atoms with Crippen LogP contribution >= 0.6 is 39.1 Å². The van der Waals surface area contributed by atoms with Crippen molar-refractivity contribution in [3.05, 3.63) is 50.7 Å². The maximum absolute atomic E-state index is 12.2. The maximum Gasteiger partial charge on any atom is 0.323 e. The van der Waals surface area contributed by atoms with Gasteiger partial charge in [0.25, 0.3) is 5.91 Å². The second-order valence-corrected chi connectivity index (χ2v) is 5.70. The molecule has 0 radical (unpaired) electrons. The second-order valence-electron chi connectivity index (χ2n) is 4.09. The van der Waals surface area contributed by atoms with Gasteiger partial charge in [0.2, 0.25) is 0 Å². The molecule has 2 N–H and O–H groups in total. The predicted octanol–water partition coefficient (Wildman–Crippen LogP) is 3.89. The molecule has 0 aliphatic carbocycles. The lowest BCUT2D eigenvalue weighted by Gasteiger charge is -2.10. The molecule has 0 saturated heterocycles. The van der Waals surface area contributed by atoms with Gasteiger partial charge in [-0.2, -0.15) is 0 Å². The van der Waals surface area contributed by atoms with Gasteiger partial charge in [-0.15, -0.1) is 0 Å². The van der Waals surface area contributed by atoms with Gasteiger partial charge in [-0.25, -0.2) is 0 Å². The number of hydrogen-bond donors (Lipinski definition) is 2. The van der Waals surface area contributed by atoms with Gasteiger partial charge >= 0.3 is 5.97 Å². The van der Waals surface area contributed by atoms with Crippen molar-refractivity contribution in [3.63, 3.8) is 0 Å². The summed E-state index contributed by atoms with van der Waals surface area (Å²) in [5.41, 5.74) is 0.561. The molecule has 1 heterocycles. The summed E-state index contributed by atoms with van der Waals surface area (Å²) in [7, 11) is 0. The van der Waals surface area contributed by atoms with E-state index in [1.54, 1.807) is 18.2 Å². The highest BCUT2D eigenvalue weighted by Crippen LogP contribution is 2.35. The molecule has 0 unspecified atom stereocenters. The molecule has 110 valence electrons. The summed E-state index contributed by atoms with van der Waals surface area (Å²) >= 11 is 15.3. The van der Waals surface area contributed by atoms with Crippen LogP contribution in [0.5, 0.6) is 0 Å². The van der Waals surface area contributed by atoms with E-state index in [0.717, 1.165) is 0 Å². The van der Waals surface area contributed by atoms with Crippen LogP contribution in [0.3, 0.4) is 0 Å². The van der Waals surface area contributed by atoms with Gasteiger partial charge in [-0.3, -0.25) is 9.59 Å². The van der Waals surface area contributed by atoms with E-state index in [-0.39, 0.29) is 22.3 Å². The molecule has 1 amide bonds. The molecule has 21 heavy (non-hydrogen) atoms. The molecule has 1 aromatic carbocycles. The standard InChI is InChI=1S/C13H9BrCl2N2O3/c14-7-3-4-8(12(16)11(7)15)17-13(21)9-2-1-5-18(9)6-10(19)20/h1-5H,6H2,(H,17,21)(H,19,20). The molecule has 1 aromatic heterocycles. The van der Waals surface area contributed by atoms with Gasteiger partial charge in [-0.1, -0.05) is 23.2 Å². The minimum atomic E-state index is -1.04. The van der Waals surface area contributed by atoms with Crippen LogP contribution < -0.4 is 5.32 Å². The van der Waals surface area contributed by atoms with E-state index in [4.69, 9.17) is 28.3 Å². The highest BCUT2D eigenvalue weighted by Gasteiger charge is 2.16. The van der Waals surface area contributed by atoms with E-state index >= 15 is 0 Å². The van der Waals surface area contributed by atoms with E-state index in [0.29, 0.717) is 10.2 Å². The van der Waals surface area contributed by atoms with Crippen LogP contribution in [0.1, 0.15) is 10.5 Å². The monoisotopic (exact) mass is 390 g/mol. The van der Waals surface area contributed by atoms with Crippen molar-refractivity contribution in [2.45, 2.75) is 6.54 Å². The summed E-state index contributed by atoms with van der Waals surface area (Å²) in [6.45, 7) is -0.301. The number of carboxylic acids is 1. The third-order valence-electron chi connectivity index (χ3n) is 2.65. The number of carboxylic acid groups (broad SMARTS) is 1. The fourth-order valence-electron chi connectivity index (χ4n) is 1.71. The van der Waals surface area contributed by atoms with E-state index in [9.17, 15) is 9.59 Å². The van der Waals surface area contributed by atoms with Crippen LogP contribution in [0.25, 0.3) is 0 Å². The van der Waals surface area contributed by atoms with Crippen molar-refractivity contribution in [1.29, 1.82) is 0 Å². The third-order valence-corrected chi connectivity index (χ3v) is 4.42. The molecule has 2 aromatic rings. The van der Waals surface area contributed by atoms with Crippen LogP contribution in [-0.4, -0.2) is 21.6 Å². The molecule has 0 aliphatic rings. The molecule has 2 rings (SSSR count). The average molecular weight is 392 g/mol. The quantitative estimate of drug-likeness (QED) is 0.776. The van der Waals surface area contributed by atoms with Crippen LogP contribution in [0.4, 0.5) is 5.69 Å². The number of aromatic nitrogens is 1. The van der Waals surface area contributed by atoms with Gasteiger partial charge in [0.1, 0.15) is 12.2 Å². The number of nitrogens with zero attached hydrogens (tertiary/aromatic N) is 1. The maximum atomic E-state index is 12.2. The summed E-state index contributed by atoms with van der Waals surface area (Å²) < 4.78 is 1.94. The van der Waals surface area contributed by atoms with Crippen molar-refractivity contribution >= 4 is 56.7 Å². The highest BCUT2D eigenvalue weighted by molar-refractivity contribution is 9.10. The Labute approximate surface area is 138 Å². The number of amides is 1. The molecule has 0 spiro atoms. The van der Waals surface area contributed by atoms with Crippen molar-refractivity contribution in [3.8, 4) is 0 Å². The van der Waals surface area contributed by atoms with Gasteiger partial charge in [0, 0.05) is 10.7 Å². The molecule has 8 heteroatoms. The first-order valence-electron chi connectivity index (χ1n) is 5.72. The zero-order valence-corrected chi connectivity index (χ0v) is 13.5. The number of hydrogen-bond acceptors (Lipinski definition) is 2. The number of halogens is 3. The third kappa shape index (κ3) is 3.58. The topological polar surface area (TPSA) is 71.3 Å². The number of rotatable bonds is 4. The summed E-state index contributed by atoms with van der Waals surface area (Å²) in [6.07, 6.45) is 1.51. The number of anilines is 1. The van der Waals surface area contributed by atoms with Crippen LogP contribution in [0, 0.1) is 0 Å². The zero-order chi connectivity index (χ0) is 15.6. The Balaban J connectivity index is 2.25. The molecule has 0 aliphatic heterocycles. The summed E-state index contributed by atoms with van der Waals surface area (Å²) in [6, 6.07) is 6.36. The lowest BCUT2D eigenvalue weighted by molar-refractivity contribution is -0.137. The normalized spacial score (nSPS) is 10.4. The van der Waals surface area contributed by atoms with Gasteiger partial charge in [-0.05, 0) is 40.2 Å². The van der Waals surface area contributed by atoms with Crippen molar-refractivity contribution in [2.24, 2.45) is 0 Å². The first-order chi connectivity index (χ1) is 9.90. The molecular weight excluding hydrogens is 383 g/mol. The summed E-state index contributed by atoms with van der Waals surface area (Å²) in [5.74, 6) is -1.51. The number of benzene rings is 1. The fraction of sp³-hybridized carbons (Fsp3) is 0.0769. The largest absolute Gasteiger partial charge is 0.480 e. The Bertz CT molecular complexity index is 715. The van der Waals surface area contributed by atoms with E-state index in [1.807, 2.05) is 0 Å². The first-order valence-corrected chi connectivity index (χ1v) is 7.27. The van der Waals surface area contributed by atoms with E-state index < -0.39 is 11.9 Å². The average Bonchev–Trinajstić information content (AvgIpc) is 2.86. The Morgan fingerprint density at radius 2 is 1.95 bits per heavy atom. The molecule has 5 nitrogen and oxygen atoms in total. The highest BCUT2D eigenvalue weighted by atomic mass is 79.9. The molecule has 0 bridgehead atoms. The van der Waals surface area contributed by atoms with E-state index in [1.165, 1.54) is 16.8 Å². The van der Waals surface area contributed by atoms with Crippen LogP contribution in [0.15, 0.2) is 34.9 Å². The zero-order valence-electron chi connectivity index (χ0n) is 10.4. The minimum absolute atomic E-state index is 0.204. The Morgan fingerprint density at radius 1 is 1.24 bits per heavy atom. The van der Waals surface area contributed by atoms with Crippen molar-refractivity contribution < 1.29 is 14.7 Å². The van der Waals surface area contributed by atoms with Gasteiger partial charge in [0.05, 0.1) is 15.7 Å². The molecule has 0 fully saturated rings. The predicted molar refractivity (Wildman–Crippen MR) is 84.2 cm³/mol. The Hall–Kier alpha value is -1.50. The number of carbonyl (C=O) groups excluding carboxylic acids is 1. The van der Waals surface area contributed by atoms with E-state index in [2.05, 4.69) is 21.2 Å². The fourth-order valence-corrected chi connectivity index (χ4v) is 2.53. The van der Waals surface area contributed by atoms with Crippen LogP contribution in [0.2, 0.25) is 10.0 Å². The SMILES string of the molecule is O=C(O)Cn1cccc1C(=O)Nc1ccc(Br)c(Cl)c1Cl. The number of aliphatic carboxylic acids is 1. The van der Waals surface area contributed by atoms with Crippen molar-refractivity contribution in [1.82, 2.24) is 4.57 Å². The molecule has 0 atom stereocenters. The smallest absolute Gasteiger partial charge is 0.323 e. The molecule has 0 saturated carbocycles. The summed E-state index contributed by atoms with van der Waals surface area (Å²) in [4.78, 5) is 22.9. The number of carbonyl (C=O) groups is 2. The van der Waals surface area contributed by atoms with Crippen LogP contribution in [-0.2, 0) is 11.3 Å². The van der Waals surface area contributed by atoms with Gasteiger partial charge in [0.15, 0.2) is 0 Å². The second kappa shape index (κ2) is 6.51. The Kier molecular flexibility index (Phi) is 4.92. The lowest BCUT2D eigenvalue weighted by Crippen LogP contribution is -2.19. The first kappa shape index (κ1) is 15.9. The van der Waals surface area contributed by atoms with Gasteiger partial charge < -0.3 is 15.0 Å². The molecular formula is C13H9BrCl2N2O3. The number of nitrogens with one attached hydrogen (secondary N) is 1. The Morgan fingerprint density at radius 3 is 2.62 bits per heavy atom. The summed E-state index contributed by atoms with van der Waals surface area (Å²) in [5, 5.41) is 11.9. The minimum Gasteiger partial charge on any atom is -0.480 e. The van der Waals surface area contributed by atoms with Crippen molar-refractivity contribution in [2.75, 3.05) is 5.32 Å². The lowest BCUT2D eigenvalue weighted by atomic mass is 10.3.